The molecule has 2 heterocycles. The van der Waals surface area contributed by atoms with Gasteiger partial charge in [-0.2, -0.15) is 0 Å². The quantitative estimate of drug-likeness (QED) is 0.317. The predicted molar refractivity (Wildman–Crippen MR) is 143 cm³/mol. The number of nitrogen functional groups attached to an aromatic ring is 1. The van der Waals surface area contributed by atoms with Crippen molar-refractivity contribution in [2.75, 3.05) is 11.1 Å². The molecule has 1 unspecified atom stereocenters. The van der Waals surface area contributed by atoms with E-state index in [1.807, 2.05) is 33.0 Å². The molecular weight excluding hydrogens is 408 g/mol. The number of aliphatic imine (C=N–C) groups is 2. The second-order valence-corrected chi connectivity index (χ2v) is 8.31. The van der Waals surface area contributed by atoms with Crippen molar-refractivity contribution in [3.8, 4) is 0 Å². The Bertz CT molecular complexity index is 1190. The zero-order valence-electron chi connectivity index (χ0n) is 20.0. The zero-order chi connectivity index (χ0) is 23.8. The molecule has 0 amide bonds. The van der Waals surface area contributed by atoms with E-state index in [-0.39, 0.29) is 6.04 Å². The van der Waals surface area contributed by atoms with Crippen LogP contribution in [0, 0.1) is 0 Å². The van der Waals surface area contributed by atoms with E-state index in [0.717, 1.165) is 45.6 Å². The summed E-state index contributed by atoms with van der Waals surface area (Å²) in [5.41, 5.74) is 13.4. The summed E-state index contributed by atoms with van der Waals surface area (Å²) >= 11 is 0. The smallest absolute Gasteiger partial charge is 0.0956 e. The largest absolute Gasteiger partial charge is 0.397 e. The number of H-pyrrole nitrogens is 1. The summed E-state index contributed by atoms with van der Waals surface area (Å²) in [6.45, 7) is 12.5. The van der Waals surface area contributed by atoms with Crippen molar-refractivity contribution >= 4 is 39.8 Å². The summed E-state index contributed by atoms with van der Waals surface area (Å²) in [7, 11) is 0. The van der Waals surface area contributed by atoms with Gasteiger partial charge in [-0.25, -0.2) is 0 Å². The van der Waals surface area contributed by atoms with Crippen molar-refractivity contribution in [3.05, 3.63) is 72.5 Å². The van der Waals surface area contributed by atoms with Crippen molar-refractivity contribution in [1.82, 2.24) is 9.97 Å². The molecular formula is C27H34N6. The Balaban J connectivity index is 2.08. The Hall–Kier alpha value is -3.67. The van der Waals surface area contributed by atoms with Crippen LogP contribution in [0.4, 0.5) is 11.4 Å². The Morgan fingerprint density at radius 1 is 1.27 bits per heavy atom. The first-order valence-corrected chi connectivity index (χ1v) is 11.4. The number of aromatic amines is 1. The molecule has 4 N–H and O–H groups in total. The Morgan fingerprint density at radius 3 is 2.79 bits per heavy atom. The number of aryl methyl sites for hydroxylation is 1. The molecule has 0 saturated carbocycles. The van der Waals surface area contributed by atoms with Crippen LogP contribution in [0.25, 0.3) is 16.5 Å². The molecule has 6 heteroatoms. The third kappa shape index (κ3) is 6.19. The minimum atomic E-state index is -0.328. The van der Waals surface area contributed by atoms with E-state index >= 15 is 0 Å². The highest BCUT2D eigenvalue weighted by Crippen LogP contribution is 2.32. The number of hydrogen-bond donors (Lipinski definition) is 3. The zero-order valence-corrected chi connectivity index (χ0v) is 20.0. The molecule has 0 aliphatic carbocycles. The van der Waals surface area contributed by atoms with Crippen LogP contribution in [-0.2, 0) is 6.42 Å². The van der Waals surface area contributed by atoms with Gasteiger partial charge >= 0.3 is 0 Å². The fraction of sp³-hybridized carbons (Fsp3) is 0.296. The number of nitrogens with one attached hydrogen (secondary N) is 2. The maximum atomic E-state index is 5.97. The number of unbranched alkanes of at least 4 members (excludes halogenated alkanes) is 1. The first-order chi connectivity index (χ1) is 15.9. The molecule has 3 aromatic rings. The molecule has 0 aliphatic rings. The molecule has 0 radical (unpaired) electrons. The average molecular weight is 443 g/mol. The summed E-state index contributed by atoms with van der Waals surface area (Å²) in [5.74, 6) is 0. The molecule has 6 nitrogen and oxygen atoms in total. The van der Waals surface area contributed by atoms with Crippen LogP contribution >= 0.6 is 0 Å². The number of pyridine rings is 1. The minimum absolute atomic E-state index is 0.328. The van der Waals surface area contributed by atoms with Gasteiger partial charge in [0.15, 0.2) is 0 Å². The second kappa shape index (κ2) is 11.3. The highest BCUT2D eigenvalue weighted by molar-refractivity contribution is 5.95. The number of rotatable bonds is 10. The van der Waals surface area contributed by atoms with Gasteiger partial charge in [-0.3, -0.25) is 15.0 Å². The van der Waals surface area contributed by atoms with Gasteiger partial charge < -0.3 is 16.0 Å². The first kappa shape index (κ1) is 24.0. The van der Waals surface area contributed by atoms with Crippen molar-refractivity contribution in [2.24, 2.45) is 9.98 Å². The minimum Gasteiger partial charge on any atom is -0.397 e. The van der Waals surface area contributed by atoms with Crippen LogP contribution in [-0.4, -0.2) is 27.9 Å². The number of fused-ring (bicyclic) bond motifs is 1. The molecule has 0 fully saturated rings. The van der Waals surface area contributed by atoms with Gasteiger partial charge in [0.1, 0.15) is 0 Å². The van der Waals surface area contributed by atoms with Crippen LogP contribution in [0.3, 0.4) is 0 Å². The number of hydrogen-bond acceptors (Lipinski definition) is 5. The van der Waals surface area contributed by atoms with Gasteiger partial charge in [-0.05, 0) is 62.9 Å². The van der Waals surface area contributed by atoms with E-state index in [1.165, 1.54) is 18.4 Å². The number of benzene rings is 1. The summed E-state index contributed by atoms with van der Waals surface area (Å²) in [6.07, 6.45) is 12.4. The second-order valence-electron chi connectivity index (χ2n) is 8.31. The standard InChI is InChI=1S/C27H34N6/c1-6-8-9-20-10-11-25-23(12-20)24(16-32-25)19(5)27(26(30-7-2)17-31-18(3)4)33-22-13-21(28)14-29-15-22/h7,10-17,27,32-33H,5-6,8-9,28H2,1-4H3/b26-17-,30-7?. The third-order valence-corrected chi connectivity index (χ3v) is 5.36. The molecule has 172 valence electrons. The van der Waals surface area contributed by atoms with Crippen LogP contribution < -0.4 is 11.1 Å². The number of nitrogens with two attached hydrogens (primary N) is 1. The maximum absolute atomic E-state index is 5.97. The van der Waals surface area contributed by atoms with E-state index in [9.17, 15) is 0 Å². The third-order valence-electron chi connectivity index (χ3n) is 5.36. The highest BCUT2D eigenvalue weighted by Gasteiger charge is 2.22. The normalized spacial score (nSPS) is 12.8. The molecule has 0 saturated heterocycles. The monoisotopic (exact) mass is 442 g/mol. The molecule has 2 aromatic heterocycles. The molecule has 3 rings (SSSR count). The molecule has 1 aromatic carbocycles. The summed E-state index contributed by atoms with van der Waals surface area (Å²) in [5, 5.41) is 4.68. The van der Waals surface area contributed by atoms with Crippen molar-refractivity contribution in [3.63, 3.8) is 0 Å². The number of anilines is 2. The average Bonchev–Trinajstić information content (AvgIpc) is 3.22. The summed E-state index contributed by atoms with van der Waals surface area (Å²) in [4.78, 5) is 16.8. The molecule has 33 heavy (non-hydrogen) atoms. The van der Waals surface area contributed by atoms with Gasteiger partial charge in [-0.15, -0.1) is 0 Å². The van der Waals surface area contributed by atoms with Crippen molar-refractivity contribution in [2.45, 2.75) is 53.0 Å². The molecule has 0 bridgehead atoms. The van der Waals surface area contributed by atoms with E-state index < -0.39 is 0 Å². The van der Waals surface area contributed by atoms with E-state index in [4.69, 9.17) is 5.73 Å². The fourth-order valence-electron chi connectivity index (χ4n) is 3.69. The van der Waals surface area contributed by atoms with Crippen molar-refractivity contribution in [1.29, 1.82) is 0 Å². The lowest BCUT2D eigenvalue weighted by atomic mass is 9.95. The van der Waals surface area contributed by atoms with Gasteiger partial charge in [0.25, 0.3) is 0 Å². The van der Waals surface area contributed by atoms with E-state index in [0.29, 0.717) is 5.69 Å². The van der Waals surface area contributed by atoms with Gasteiger partial charge in [0.05, 0.1) is 35.5 Å². The summed E-state index contributed by atoms with van der Waals surface area (Å²) < 4.78 is 0. The predicted octanol–water partition coefficient (Wildman–Crippen LogP) is 6.39. The number of aromatic nitrogens is 2. The Kier molecular flexibility index (Phi) is 8.19. The van der Waals surface area contributed by atoms with E-state index in [1.54, 1.807) is 24.8 Å². The fourth-order valence-corrected chi connectivity index (χ4v) is 3.69. The Labute approximate surface area is 196 Å². The van der Waals surface area contributed by atoms with Crippen LogP contribution in [0.5, 0.6) is 0 Å². The van der Waals surface area contributed by atoms with Crippen LogP contribution in [0.1, 0.15) is 51.7 Å². The lowest BCUT2D eigenvalue weighted by molar-refractivity contribution is 0.796. The first-order valence-electron chi connectivity index (χ1n) is 11.4. The SMILES string of the molecule is C=C(c1c[nH]c2ccc(CCCC)cc12)C(Nc1cncc(N)c1)/C(=C/N=C(C)C)N=CC. The topological polar surface area (TPSA) is 91.5 Å². The van der Waals surface area contributed by atoms with E-state index in [2.05, 4.69) is 57.0 Å². The molecule has 0 aliphatic heterocycles. The van der Waals surface area contributed by atoms with Crippen LogP contribution in [0.15, 0.2) is 71.3 Å². The lowest BCUT2D eigenvalue weighted by Crippen LogP contribution is -2.23. The highest BCUT2D eigenvalue weighted by atomic mass is 15.0. The van der Waals surface area contributed by atoms with Crippen LogP contribution in [0.2, 0.25) is 0 Å². The number of nitrogens with zero attached hydrogens (tertiary/aromatic N) is 3. The lowest BCUT2D eigenvalue weighted by Gasteiger charge is -2.23. The molecule has 1 atom stereocenters. The maximum Gasteiger partial charge on any atom is 0.0956 e. The van der Waals surface area contributed by atoms with Gasteiger partial charge in [0, 0.05) is 40.8 Å². The molecule has 0 spiro atoms. The summed E-state index contributed by atoms with van der Waals surface area (Å²) in [6, 6.07) is 8.13. The van der Waals surface area contributed by atoms with Gasteiger partial charge in [0.2, 0.25) is 0 Å². The Morgan fingerprint density at radius 2 is 2.09 bits per heavy atom. The van der Waals surface area contributed by atoms with Gasteiger partial charge in [-0.1, -0.05) is 26.0 Å². The van der Waals surface area contributed by atoms with Crippen molar-refractivity contribution < 1.29 is 0 Å².